The van der Waals surface area contributed by atoms with Crippen LogP contribution in [0.2, 0.25) is 0 Å². The summed E-state index contributed by atoms with van der Waals surface area (Å²) in [5.74, 6) is -0.433. The van der Waals surface area contributed by atoms with Crippen molar-refractivity contribution in [2.24, 2.45) is 10.6 Å². The summed E-state index contributed by atoms with van der Waals surface area (Å²) in [5, 5.41) is 4.11. The standard InChI is InChI=1S/C21H29FN2O3/c1-3-11-24-12-9-21(10-13-24,20(25)26-4-2)15-16-14-19(23-27-16)17-7-5-6-8-18(17)22/h5-8,16H,3-4,9-15H2,1-2H3. The first-order valence-corrected chi connectivity index (χ1v) is 9.95. The fourth-order valence-electron chi connectivity index (χ4n) is 4.12. The molecule has 1 atom stereocenters. The molecule has 0 radical (unpaired) electrons. The lowest BCUT2D eigenvalue weighted by Crippen LogP contribution is -2.47. The van der Waals surface area contributed by atoms with E-state index in [9.17, 15) is 9.18 Å². The molecule has 2 aliphatic heterocycles. The van der Waals surface area contributed by atoms with Gasteiger partial charge in [0.2, 0.25) is 0 Å². The van der Waals surface area contributed by atoms with Crippen LogP contribution in [-0.2, 0) is 14.4 Å². The minimum Gasteiger partial charge on any atom is -0.466 e. The molecule has 0 saturated carbocycles. The van der Waals surface area contributed by atoms with Gasteiger partial charge in [0.15, 0.2) is 0 Å². The molecule has 0 spiro atoms. The first-order chi connectivity index (χ1) is 13.1. The van der Waals surface area contributed by atoms with E-state index in [2.05, 4.69) is 17.0 Å². The molecule has 3 rings (SSSR count). The van der Waals surface area contributed by atoms with E-state index in [1.54, 1.807) is 18.2 Å². The molecule has 2 heterocycles. The van der Waals surface area contributed by atoms with Gasteiger partial charge < -0.3 is 14.5 Å². The highest BCUT2D eigenvalue weighted by molar-refractivity contribution is 6.01. The average molecular weight is 376 g/mol. The highest BCUT2D eigenvalue weighted by Gasteiger charge is 2.45. The number of benzene rings is 1. The molecule has 0 bridgehead atoms. The van der Waals surface area contributed by atoms with Gasteiger partial charge in [0.05, 0.1) is 17.7 Å². The van der Waals surface area contributed by atoms with E-state index < -0.39 is 5.41 Å². The van der Waals surface area contributed by atoms with Gasteiger partial charge in [-0.05, 0) is 51.9 Å². The summed E-state index contributed by atoms with van der Waals surface area (Å²) in [5.41, 5.74) is 0.550. The SMILES string of the molecule is CCCN1CCC(CC2CC(c3ccccc3F)=NO2)(C(=O)OCC)CC1. The maximum atomic E-state index is 14.0. The summed E-state index contributed by atoms with van der Waals surface area (Å²) >= 11 is 0. The van der Waals surface area contributed by atoms with Crippen LogP contribution >= 0.6 is 0 Å². The molecule has 0 amide bonds. The summed E-state index contributed by atoms with van der Waals surface area (Å²) in [7, 11) is 0. The van der Waals surface area contributed by atoms with Crippen molar-refractivity contribution >= 4 is 11.7 Å². The van der Waals surface area contributed by atoms with Crippen LogP contribution in [0.5, 0.6) is 0 Å². The number of hydrogen-bond donors (Lipinski definition) is 0. The lowest BCUT2D eigenvalue weighted by molar-refractivity contribution is -0.161. The number of piperidine rings is 1. The van der Waals surface area contributed by atoms with Crippen molar-refractivity contribution in [3.8, 4) is 0 Å². The molecule has 1 fully saturated rings. The Hall–Kier alpha value is -1.95. The molecule has 2 aliphatic rings. The zero-order valence-electron chi connectivity index (χ0n) is 16.2. The van der Waals surface area contributed by atoms with Crippen LogP contribution in [-0.4, -0.2) is 48.9 Å². The molecule has 148 valence electrons. The van der Waals surface area contributed by atoms with Gasteiger partial charge in [-0.15, -0.1) is 0 Å². The van der Waals surface area contributed by atoms with E-state index in [4.69, 9.17) is 9.57 Å². The molecule has 0 aliphatic carbocycles. The second kappa shape index (κ2) is 8.83. The lowest BCUT2D eigenvalue weighted by Gasteiger charge is -2.40. The van der Waals surface area contributed by atoms with Gasteiger partial charge in [-0.2, -0.15) is 0 Å². The highest BCUT2D eigenvalue weighted by Crippen LogP contribution is 2.40. The molecule has 1 saturated heterocycles. The van der Waals surface area contributed by atoms with E-state index in [0.717, 1.165) is 38.9 Å². The molecule has 1 aromatic rings. The summed E-state index contributed by atoms with van der Waals surface area (Å²) < 4.78 is 19.4. The van der Waals surface area contributed by atoms with Crippen LogP contribution in [0.25, 0.3) is 0 Å². The molecule has 1 aromatic carbocycles. The maximum absolute atomic E-state index is 14.0. The molecule has 0 aromatic heterocycles. The number of oxime groups is 1. The largest absolute Gasteiger partial charge is 0.466 e. The van der Waals surface area contributed by atoms with Gasteiger partial charge in [-0.1, -0.05) is 30.3 Å². The van der Waals surface area contributed by atoms with Gasteiger partial charge in [-0.25, -0.2) is 4.39 Å². The Morgan fingerprint density at radius 1 is 1.33 bits per heavy atom. The number of hydrogen-bond acceptors (Lipinski definition) is 5. The van der Waals surface area contributed by atoms with Crippen LogP contribution in [0.1, 0.15) is 51.5 Å². The second-order valence-corrected chi connectivity index (χ2v) is 7.50. The molecule has 0 N–H and O–H groups in total. The van der Waals surface area contributed by atoms with Crippen molar-refractivity contribution in [3.05, 3.63) is 35.6 Å². The van der Waals surface area contributed by atoms with Crippen LogP contribution in [0.4, 0.5) is 4.39 Å². The Labute approximate surface area is 160 Å². The van der Waals surface area contributed by atoms with Crippen LogP contribution < -0.4 is 0 Å². The predicted molar refractivity (Wildman–Crippen MR) is 102 cm³/mol. The summed E-state index contributed by atoms with van der Waals surface area (Å²) in [6, 6.07) is 6.59. The zero-order chi connectivity index (χ0) is 19.3. The fraction of sp³-hybridized carbons (Fsp3) is 0.619. The van der Waals surface area contributed by atoms with Crippen LogP contribution in [0.15, 0.2) is 29.4 Å². The number of nitrogens with zero attached hydrogens (tertiary/aromatic N) is 2. The van der Waals surface area contributed by atoms with Gasteiger partial charge in [0.25, 0.3) is 0 Å². The van der Waals surface area contributed by atoms with E-state index >= 15 is 0 Å². The Kier molecular flexibility index (Phi) is 6.47. The van der Waals surface area contributed by atoms with Gasteiger partial charge in [0, 0.05) is 18.4 Å². The third-order valence-electron chi connectivity index (χ3n) is 5.60. The predicted octanol–water partition coefficient (Wildman–Crippen LogP) is 3.76. The van der Waals surface area contributed by atoms with Gasteiger partial charge in [0.1, 0.15) is 11.9 Å². The number of rotatable bonds is 7. The molecule has 5 nitrogen and oxygen atoms in total. The Morgan fingerprint density at radius 3 is 2.74 bits per heavy atom. The van der Waals surface area contributed by atoms with Crippen LogP contribution in [0.3, 0.4) is 0 Å². The van der Waals surface area contributed by atoms with E-state index in [0.29, 0.717) is 30.7 Å². The van der Waals surface area contributed by atoms with Crippen molar-refractivity contribution in [1.82, 2.24) is 4.90 Å². The van der Waals surface area contributed by atoms with Gasteiger partial charge >= 0.3 is 5.97 Å². The Morgan fingerprint density at radius 2 is 2.07 bits per heavy atom. The Balaban J connectivity index is 1.67. The average Bonchev–Trinajstić information content (AvgIpc) is 3.12. The topological polar surface area (TPSA) is 51.1 Å². The van der Waals surface area contributed by atoms with E-state index in [-0.39, 0.29) is 17.9 Å². The number of ether oxygens (including phenoxy) is 1. The third-order valence-corrected chi connectivity index (χ3v) is 5.60. The maximum Gasteiger partial charge on any atom is 0.312 e. The molecular weight excluding hydrogens is 347 g/mol. The minimum absolute atomic E-state index is 0.135. The summed E-state index contributed by atoms with van der Waals surface area (Å²) in [6.45, 7) is 7.21. The number of likely N-dealkylation sites (tertiary alicyclic amines) is 1. The Bertz CT molecular complexity index is 684. The summed E-state index contributed by atoms with van der Waals surface area (Å²) in [6.07, 6.45) is 3.50. The van der Waals surface area contributed by atoms with Crippen LogP contribution in [0, 0.1) is 11.2 Å². The van der Waals surface area contributed by atoms with Crippen molar-refractivity contribution in [2.45, 2.75) is 52.1 Å². The number of carbonyl (C=O) groups excluding carboxylic acids is 1. The number of esters is 1. The first kappa shape index (κ1) is 19.8. The van der Waals surface area contributed by atoms with Crippen molar-refractivity contribution in [1.29, 1.82) is 0 Å². The van der Waals surface area contributed by atoms with E-state index in [1.807, 2.05) is 6.92 Å². The fourth-order valence-corrected chi connectivity index (χ4v) is 4.12. The zero-order valence-corrected chi connectivity index (χ0v) is 16.2. The smallest absolute Gasteiger partial charge is 0.312 e. The molecule has 27 heavy (non-hydrogen) atoms. The minimum atomic E-state index is -0.537. The number of carbonyl (C=O) groups is 1. The lowest BCUT2D eigenvalue weighted by atomic mass is 9.73. The highest BCUT2D eigenvalue weighted by atomic mass is 19.1. The summed E-state index contributed by atoms with van der Waals surface area (Å²) in [4.78, 5) is 20.8. The second-order valence-electron chi connectivity index (χ2n) is 7.50. The third kappa shape index (κ3) is 4.49. The van der Waals surface area contributed by atoms with Crippen molar-refractivity contribution in [3.63, 3.8) is 0 Å². The molecule has 6 heteroatoms. The van der Waals surface area contributed by atoms with Gasteiger partial charge in [-0.3, -0.25) is 4.79 Å². The first-order valence-electron chi connectivity index (χ1n) is 9.95. The quantitative estimate of drug-likeness (QED) is 0.680. The normalized spacial score (nSPS) is 22.2. The monoisotopic (exact) mass is 376 g/mol. The van der Waals surface area contributed by atoms with E-state index in [1.165, 1.54) is 6.07 Å². The van der Waals surface area contributed by atoms with Crippen molar-refractivity contribution in [2.75, 3.05) is 26.2 Å². The number of halogens is 1. The van der Waals surface area contributed by atoms with Crippen molar-refractivity contribution < 1.29 is 18.8 Å². The molecule has 1 unspecified atom stereocenters. The molecular formula is C21H29FN2O3.